The van der Waals surface area contributed by atoms with E-state index < -0.39 is 5.60 Å². The Morgan fingerprint density at radius 3 is 2.64 bits per heavy atom. The molecule has 0 spiro atoms. The van der Waals surface area contributed by atoms with E-state index in [0.717, 1.165) is 34.9 Å². The number of likely N-dealkylation sites (N-methyl/N-ethyl adjacent to an activating group) is 1. The minimum atomic E-state index is -1.19. The van der Waals surface area contributed by atoms with Crippen molar-refractivity contribution in [1.82, 2.24) is 19.4 Å². The lowest BCUT2D eigenvalue weighted by atomic mass is 10.1. The number of carbonyl (C=O) groups excluding carboxylic acids is 1. The van der Waals surface area contributed by atoms with Gasteiger partial charge in [0.2, 0.25) is 5.95 Å². The Kier molecular flexibility index (Phi) is 9.91. The van der Waals surface area contributed by atoms with Gasteiger partial charge in [-0.05, 0) is 84.6 Å². The van der Waals surface area contributed by atoms with Crippen molar-refractivity contribution < 1.29 is 14.6 Å². The van der Waals surface area contributed by atoms with Crippen LogP contribution in [0.2, 0.25) is 0 Å². The first-order valence-corrected chi connectivity index (χ1v) is 14.6. The number of fused-ring (bicyclic) bond motifs is 2. The SMILES string of the molecule is C=CC(=O)N1CCN(c2cc3cnc(N/C(C)=C/C=C(\C)OCCN(C)C)nc3n(CC(C)(C)O)c2=O)c2cccc(C)c21. The molecule has 0 radical (unpaired) electrons. The molecule has 0 fully saturated rings. The lowest BCUT2D eigenvalue weighted by molar-refractivity contribution is -0.114. The van der Waals surface area contributed by atoms with Crippen molar-refractivity contribution in [2.45, 2.75) is 46.8 Å². The van der Waals surface area contributed by atoms with Crippen molar-refractivity contribution in [2.24, 2.45) is 0 Å². The lowest BCUT2D eigenvalue weighted by Gasteiger charge is -2.38. The second-order valence-electron chi connectivity index (χ2n) is 11.9. The highest BCUT2D eigenvalue weighted by molar-refractivity contribution is 6.05. The van der Waals surface area contributed by atoms with Gasteiger partial charge in [-0.25, -0.2) is 4.98 Å². The maximum atomic E-state index is 14.2. The molecule has 1 amide bonds. The number of aromatic nitrogens is 3. The summed E-state index contributed by atoms with van der Waals surface area (Å²) in [5.74, 6) is 0.906. The molecule has 1 aliphatic rings. The Labute approximate surface area is 258 Å². The predicted octanol–water partition coefficient (Wildman–Crippen LogP) is 4.34. The van der Waals surface area contributed by atoms with Gasteiger partial charge >= 0.3 is 0 Å². The summed E-state index contributed by atoms with van der Waals surface area (Å²) in [5.41, 5.74) is 2.49. The van der Waals surface area contributed by atoms with Crippen molar-refractivity contribution in [2.75, 3.05) is 55.5 Å². The molecule has 3 heterocycles. The molecule has 11 heteroatoms. The highest BCUT2D eigenvalue weighted by Gasteiger charge is 2.30. The molecule has 0 saturated carbocycles. The summed E-state index contributed by atoms with van der Waals surface area (Å²) >= 11 is 0. The minimum absolute atomic E-state index is 0.0171. The molecule has 1 aromatic carbocycles. The van der Waals surface area contributed by atoms with Crippen LogP contribution in [0, 0.1) is 6.92 Å². The highest BCUT2D eigenvalue weighted by atomic mass is 16.5. The maximum Gasteiger partial charge on any atom is 0.276 e. The number of pyridine rings is 1. The molecule has 1 aliphatic heterocycles. The number of allylic oxidation sites excluding steroid dienone is 4. The van der Waals surface area contributed by atoms with Crippen molar-refractivity contribution >= 4 is 40.0 Å². The number of rotatable bonds is 11. The van der Waals surface area contributed by atoms with Gasteiger partial charge in [0.25, 0.3) is 11.5 Å². The van der Waals surface area contributed by atoms with Gasteiger partial charge in [0.05, 0.1) is 29.3 Å². The second kappa shape index (κ2) is 13.4. The van der Waals surface area contributed by atoms with Crippen LogP contribution < -0.4 is 20.7 Å². The first-order chi connectivity index (χ1) is 20.8. The normalized spacial score (nSPS) is 14.2. The number of nitrogens with one attached hydrogen (secondary N) is 1. The van der Waals surface area contributed by atoms with Crippen molar-refractivity contribution in [1.29, 1.82) is 0 Å². The maximum absolute atomic E-state index is 14.2. The predicted molar refractivity (Wildman–Crippen MR) is 176 cm³/mol. The van der Waals surface area contributed by atoms with E-state index in [2.05, 4.69) is 21.8 Å². The zero-order chi connectivity index (χ0) is 32.2. The van der Waals surface area contributed by atoms with Gasteiger partial charge in [0.1, 0.15) is 17.9 Å². The third-order valence-electron chi connectivity index (χ3n) is 7.15. The summed E-state index contributed by atoms with van der Waals surface area (Å²) in [4.78, 5) is 41.7. The number of hydrogen-bond acceptors (Lipinski definition) is 9. The number of aliphatic hydroxyl groups is 1. The molecule has 0 aliphatic carbocycles. The number of anilines is 4. The third-order valence-corrected chi connectivity index (χ3v) is 7.15. The minimum Gasteiger partial charge on any atom is -0.497 e. The summed E-state index contributed by atoms with van der Waals surface area (Å²) in [5, 5.41) is 14.6. The molecule has 0 saturated heterocycles. The number of carbonyl (C=O) groups is 1. The Balaban J connectivity index is 1.74. The molecule has 4 rings (SSSR count). The number of amides is 1. The van der Waals surface area contributed by atoms with Crippen LogP contribution >= 0.6 is 0 Å². The molecule has 11 nitrogen and oxygen atoms in total. The zero-order valence-corrected chi connectivity index (χ0v) is 26.7. The molecule has 2 N–H and O–H groups in total. The number of benzene rings is 1. The molecule has 0 unspecified atom stereocenters. The topological polar surface area (TPSA) is 116 Å². The molecule has 0 bridgehead atoms. The summed E-state index contributed by atoms with van der Waals surface area (Å²) in [6.07, 6.45) is 6.72. The van der Waals surface area contributed by atoms with Gasteiger partial charge in [-0.15, -0.1) is 0 Å². The number of nitrogens with zero attached hydrogens (tertiary/aromatic N) is 6. The van der Waals surface area contributed by atoms with E-state index in [1.54, 1.807) is 31.0 Å². The van der Waals surface area contributed by atoms with Gasteiger partial charge in [-0.3, -0.25) is 14.2 Å². The molecular weight excluding hydrogens is 558 g/mol. The van der Waals surface area contributed by atoms with E-state index in [0.29, 0.717) is 42.4 Å². The van der Waals surface area contributed by atoms with Gasteiger partial charge in [0, 0.05) is 36.9 Å². The number of ether oxygens (including phenoxy) is 1. The van der Waals surface area contributed by atoms with Crippen LogP contribution in [0.1, 0.15) is 33.3 Å². The van der Waals surface area contributed by atoms with Crippen LogP contribution in [0.5, 0.6) is 0 Å². The summed E-state index contributed by atoms with van der Waals surface area (Å²) in [7, 11) is 3.99. The largest absolute Gasteiger partial charge is 0.497 e. The fraction of sp³-hybridized carbons (Fsp3) is 0.394. The van der Waals surface area contributed by atoms with Crippen molar-refractivity contribution in [3.8, 4) is 0 Å². The number of hydrogen-bond donors (Lipinski definition) is 2. The average Bonchev–Trinajstić information content (AvgIpc) is 2.96. The molecule has 2 aromatic heterocycles. The smallest absolute Gasteiger partial charge is 0.276 e. The van der Waals surface area contributed by atoms with E-state index >= 15 is 0 Å². The van der Waals surface area contributed by atoms with E-state index in [-0.39, 0.29) is 18.0 Å². The number of aryl methyl sites for hydroxylation is 1. The fourth-order valence-corrected chi connectivity index (χ4v) is 5.05. The Morgan fingerprint density at radius 1 is 1.20 bits per heavy atom. The van der Waals surface area contributed by atoms with E-state index in [1.165, 1.54) is 10.6 Å². The van der Waals surface area contributed by atoms with Crippen LogP contribution in [-0.4, -0.2) is 76.4 Å². The summed E-state index contributed by atoms with van der Waals surface area (Å²) in [6, 6.07) is 7.52. The zero-order valence-electron chi connectivity index (χ0n) is 26.7. The fourth-order valence-electron chi connectivity index (χ4n) is 5.05. The Morgan fingerprint density at radius 2 is 1.95 bits per heavy atom. The van der Waals surface area contributed by atoms with Crippen molar-refractivity contribution in [3.63, 3.8) is 0 Å². The lowest BCUT2D eigenvalue weighted by Crippen LogP contribution is -2.44. The highest BCUT2D eigenvalue weighted by Crippen LogP contribution is 2.39. The van der Waals surface area contributed by atoms with Gasteiger partial charge in [0.15, 0.2) is 0 Å². The molecule has 44 heavy (non-hydrogen) atoms. The summed E-state index contributed by atoms with van der Waals surface area (Å²) in [6.45, 7) is 14.9. The third kappa shape index (κ3) is 7.53. The Hall–Kier alpha value is -4.48. The van der Waals surface area contributed by atoms with Gasteiger partial charge < -0.3 is 29.9 Å². The Bertz CT molecular complexity index is 1670. The standard InChI is InChI=1S/C33H43N7O4/c1-9-28(41)39-16-15-38(26-12-10-11-22(2)29(26)39)27-19-25-20-34-32(36-30(25)40(31(27)42)21-33(5,6)43)35-23(3)13-14-24(4)44-18-17-37(7)8/h9-14,19-20,43H,1,15-18,21H2,2-8H3,(H,34,35,36)/b23-13+,24-14+. The summed E-state index contributed by atoms with van der Waals surface area (Å²) < 4.78 is 7.22. The van der Waals surface area contributed by atoms with Crippen LogP contribution in [0.25, 0.3) is 11.0 Å². The molecule has 3 aromatic rings. The van der Waals surface area contributed by atoms with Crippen LogP contribution in [0.15, 0.2) is 71.5 Å². The van der Waals surface area contributed by atoms with Crippen LogP contribution in [-0.2, 0) is 16.1 Å². The number of para-hydroxylation sites is 1. The molecule has 234 valence electrons. The van der Waals surface area contributed by atoms with E-state index in [9.17, 15) is 14.7 Å². The molecule has 0 atom stereocenters. The second-order valence-corrected chi connectivity index (χ2v) is 11.9. The van der Waals surface area contributed by atoms with E-state index in [4.69, 9.17) is 9.72 Å². The van der Waals surface area contributed by atoms with Crippen molar-refractivity contribution in [3.05, 3.63) is 82.6 Å². The van der Waals surface area contributed by atoms with Gasteiger partial charge in [-0.2, -0.15) is 4.98 Å². The molecular formula is C33H43N7O4. The van der Waals surface area contributed by atoms with Crippen LogP contribution in [0.4, 0.5) is 23.0 Å². The monoisotopic (exact) mass is 601 g/mol. The first kappa shape index (κ1) is 32.4. The average molecular weight is 602 g/mol. The van der Waals surface area contributed by atoms with Gasteiger partial charge in [-0.1, -0.05) is 18.7 Å². The quantitative estimate of drug-likeness (QED) is 0.188. The van der Waals surface area contributed by atoms with Crippen LogP contribution in [0.3, 0.4) is 0 Å². The van der Waals surface area contributed by atoms with E-state index in [1.807, 2.05) is 70.1 Å². The first-order valence-electron chi connectivity index (χ1n) is 14.6.